The first-order valence-corrected chi connectivity index (χ1v) is 6.53. The van der Waals surface area contributed by atoms with Gasteiger partial charge < -0.3 is 11.1 Å². The Morgan fingerprint density at radius 3 is 2.65 bits per heavy atom. The van der Waals surface area contributed by atoms with E-state index in [1.165, 1.54) is 0 Å². The predicted octanol–water partition coefficient (Wildman–Crippen LogP) is 3.86. The monoisotopic (exact) mass is 312 g/mol. The van der Waals surface area contributed by atoms with Gasteiger partial charge in [-0.15, -0.1) is 0 Å². The van der Waals surface area contributed by atoms with Gasteiger partial charge in [0.05, 0.1) is 0 Å². The maximum absolute atomic E-state index is 13.5. The molecule has 0 aromatic heterocycles. The molecular formula is C14H11ClF2N2S. The van der Waals surface area contributed by atoms with E-state index in [9.17, 15) is 8.78 Å². The summed E-state index contributed by atoms with van der Waals surface area (Å²) < 4.78 is 26.6. The molecule has 3 N–H and O–H groups in total. The third kappa shape index (κ3) is 3.43. The maximum Gasteiger partial charge on any atom is 0.128 e. The van der Waals surface area contributed by atoms with Gasteiger partial charge in [-0.2, -0.15) is 0 Å². The van der Waals surface area contributed by atoms with Crippen molar-refractivity contribution in [1.82, 2.24) is 0 Å². The second kappa shape index (κ2) is 6.15. The van der Waals surface area contributed by atoms with Gasteiger partial charge in [-0.1, -0.05) is 23.8 Å². The molecule has 2 aromatic rings. The molecule has 0 bridgehead atoms. The third-order valence-corrected chi connectivity index (χ3v) is 3.18. The molecule has 0 saturated heterocycles. The minimum absolute atomic E-state index is 0.112. The Labute approximate surface area is 125 Å². The average molecular weight is 313 g/mol. The second-order valence-corrected chi connectivity index (χ2v) is 5.02. The van der Waals surface area contributed by atoms with Crippen LogP contribution in [0, 0.1) is 11.6 Å². The van der Waals surface area contributed by atoms with Crippen molar-refractivity contribution >= 4 is 34.5 Å². The van der Waals surface area contributed by atoms with E-state index in [1.54, 1.807) is 18.2 Å². The Morgan fingerprint density at radius 2 is 1.95 bits per heavy atom. The molecule has 0 atom stereocenters. The fourth-order valence-corrected chi connectivity index (χ4v) is 2.08. The van der Waals surface area contributed by atoms with Crippen molar-refractivity contribution in [2.75, 3.05) is 5.32 Å². The molecule has 0 aliphatic heterocycles. The van der Waals surface area contributed by atoms with Crippen molar-refractivity contribution in [3.05, 3.63) is 64.2 Å². The molecule has 20 heavy (non-hydrogen) atoms. The molecule has 2 aromatic carbocycles. The van der Waals surface area contributed by atoms with E-state index in [-0.39, 0.29) is 17.1 Å². The van der Waals surface area contributed by atoms with Crippen LogP contribution in [0.2, 0.25) is 5.02 Å². The minimum atomic E-state index is -0.492. The highest BCUT2D eigenvalue weighted by Gasteiger charge is 2.08. The predicted molar refractivity (Wildman–Crippen MR) is 81.0 cm³/mol. The zero-order chi connectivity index (χ0) is 14.7. The van der Waals surface area contributed by atoms with Gasteiger partial charge in [0.15, 0.2) is 0 Å². The lowest BCUT2D eigenvalue weighted by Gasteiger charge is -2.12. The first kappa shape index (κ1) is 14.7. The van der Waals surface area contributed by atoms with Crippen LogP contribution in [0.5, 0.6) is 0 Å². The van der Waals surface area contributed by atoms with E-state index in [4.69, 9.17) is 29.6 Å². The summed E-state index contributed by atoms with van der Waals surface area (Å²) in [5.41, 5.74) is 7.00. The summed E-state index contributed by atoms with van der Waals surface area (Å²) >= 11 is 10.8. The van der Waals surface area contributed by atoms with Crippen LogP contribution in [0.3, 0.4) is 0 Å². The Kier molecular flexibility index (Phi) is 4.52. The SMILES string of the molecule is NC(=S)c1cc(Cl)ccc1NCc1cc(F)ccc1F. The van der Waals surface area contributed by atoms with Crippen molar-refractivity contribution in [3.63, 3.8) is 0 Å². The number of nitrogens with two attached hydrogens (primary N) is 1. The van der Waals surface area contributed by atoms with E-state index in [0.717, 1.165) is 18.2 Å². The minimum Gasteiger partial charge on any atom is -0.389 e. The van der Waals surface area contributed by atoms with Crippen LogP contribution in [0.25, 0.3) is 0 Å². The van der Waals surface area contributed by atoms with Crippen LogP contribution in [-0.4, -0.2) is 4.99 Å². The molecule has 6 heteroatoms. The molecule has 0 unspecified atom stereocenters. The summed E-state index contributed by atoms with van der Waals surface area (Å²) in [6, 6.07) is 8.26. The van der Waals surface area contributed by atoms with E-state index in [2.05, 4.69) is 5.32 Å². The molecule has 0 fully saturated rings. The summed E-state index contributed by atoms with van der Waals surface area (Å²) in [6.45, 7) is 0.112. The molecule has 0 radical (unpaired) electrons. The summed E-state index contributed by atoms with van der Waals surface area (Å²) in [6.07, 6.45) is 0. The van der Waals surface area contributed by atoms with Crippen molar-refractivity contribution in [2.45, 2.75) is 6.54 Å². The quantitative estimate of drug-likeness (QED) is 0.842. The fourth-order valence-electron chi connectivity index (χ4n) is 1.74. The van der Waals surface area contributed by atoms with Crippen LogP contribution < -0.4 is 11.1 Å². The number of hydrogen-bond donors (Lipinski definition) is 2. The number of rotatable bonds is 4. The lowest BCUT2D eigenvalue weighted by atomic mass is 10.1. The van der Waals surface area contributed by atoms with Crippen molar-refractivity contribution in [1.29, 1.82) is 0 Å². The Morgan fingerprint density at radius 1 is 1.20 bits per heavy atom. The summed E-state index contributed by atoms with van der Waals surface area (Å²) in [5, 5.41) is 3.47. The first-order chi connectivity index (χ1) is 9.47. The zero-order valence-electron chi connectivity index (χ0n) is 10.3. The highest BCUT2D eigenvalue weighted by molar-refractivity contribution is 7.80. The van der Waals surface area contributed by atoms with Gasteiger partial charge in [-0.3, -0.25) is 0 Å². The van der Waals surface area contributed by atoms with Crippen molar-refractivity contribution in [2.24, 2.45) is 5.73 Å². The molecule has 0 heterocycles. The lowest BCUT2D eigenvalue weighted by molar-refractivity contribution is 0.587. The summed E-state index contributed by atoms with van der Waals surface area (Å²) in [5.74, 6) is -0.974. The number of halogens is 3. The number of benzene rings is 2. The van der Waals surface area contributed by atoms with Crippen molar-refractivity contribution < 1.29 is 8.78 Å². The van der Waals surface area contributed by atoms with E-state index >= 15 is 0 Å². The van der Waals surface area contributed by atoms with Gasteiger partial charge >= 0.3 is 0 Å². The third-order valence-electron chi connectivity index (χ3n) is 2.72. The summed E-state index contributed by atoms with van der Waals surface area (Å²) in [4.78, 5) is 0.176. The fraction of sp³-hybridized carbons (Fsp3) is 0.0714. The van der Waals surface area contributed by atoms with Gasteiger partial charge in [0, 0.05) is 28.4 Å². The highest BCUT2D eigenvalue weighted by atomic mass is 35.5. The Balaban J connectivity index is 2.23. The van der Waals surface area contributed by atoms with E-state index in [0.29, 0.717) is 16.3 Å². The molecule has 0 saturated carbocycles. The zero-order valence-corrected chi connectivity index (χ0v) is 11.9. The number of hydrogen-bond acceptors (Lipinski definition) is 2. The van der Waals surface area contributed by atoms with Gasteiger partial charge in [-0.05, 0) is 36.4 Å². The molecule has 104 valence electrons. The standard InChI is InChI=1S/C14H11ClF2N2S/c15-9-1-4-13(11(6-9)14(18)20)19-7-8-5-10(16)2-3-12(8)17/h1-6,19H,7H2,(H2,18,20). The van der Waals surface area contributed by atoms with Crippen LogP contribution in [0.4, 0.5) is 14.5 Å². The number of nitrogens with one attached hydrogen (secondary N) is 1. The number of anilines is 1. The molecule has 0 spiro atoms. The maximum atomic E-state index is 13.5. The van der Waals surface area contributed by atoms with Gasteiger partial charge in [0.25, 0.3) is 0 Å². The van der Waals surface area contributed by atoms with Gasteiger partial charge in [0.1, 0.15) is 16.6 Å². The first-order valence-electron chi connectivity index (χ1n) is 5.74. The lowest BCUT2D eigenvalue weighted by Crippen LogP contribution is -2.13. The molecule has 2 rings (SSSR count). The van der Waals surface area contributed by atoms with E-state index in [1.807, 2.05) is 0 Å². The average Bonchev–Trinajstić information content (AvgIpc) is 2.40. The Hall–Kier alpha value is -1.72. The normalized spacial score (nSPS) is 10.3. The highest BCUT2D eigenvalue weighted by Crippen LogP contribution is 2.22. The van der Waals surface area contributed by atoms with Crippen LogP contribution in [0.1, 0.15) is 11.1 Å². The largest absolute Gasteiger partial charge is 0.389 e. The molecular weight excluding hydrogens is 302 g/mol. The van der Waals surface area contributed by atoms with Gasteiger partial charge in [0.2, 0.25) is 0 Å². The van der Waals surface area contributed by atoms with Crippen molar-refractivity contribution in [3.8, 4) is 0 Å². The summed E-state index contributed by atoms with van der Waals surface area (Å²) in [7, 11) is 0. The molecule has 0 aliphatic rings. The topological polar surface area (TPSA) is 38.0 Å². The Bertz CT molecular complexity index is 662. The van der Waals surface area contributed by atoms with E-state index < -0.39 is 11.6 Å². The van der Waals surface area contributed by atoms with Crippen LogP contribution >= 0.6 is 23.8 Å². The number of thiocarbonyl (C=S) groups is 1. The second-order valence-electron chi connectivity index (χ2n) is 4.14. The molecule has 0 aliphatic carbocycles. The smallest absolute Gasteiger partial charge is 0.128 e. The molecule has 0 amide bonds. The van der Waals surface area contributed by atoms with Crippen LogP contribution in [0.15, 0.2) is 36.4 Å². The van der Waals surface area contributed by atoms with Gasteiger partial charge in [-0.25, -0.2) is 8.78 Å². The van der Waals surface area contributed by atoms with Crippen LogP contribution in [-0.2, 0) is 6.54 Å². The molecule has 2 nitrogen and oxygen atoms in total.